The third kappa shape index (κ3) is 3.45. The van der Waals surface area contributed by atoms with Crippen LogP contribution in [0.5, 0.6) is 0 Å². The lowest BCUT2D eigenvalue weighted by Gasteiger charge is -2.33. The molecule has 0 N–H and O–H groups in total. The summed E-state index contributed by atoms with van der Waals surface area (Å²) in [6.45, 7) is 8.48. The van der Waals surface area contributed by atoms with E-state index in [0.717, 1.165) is 28.6 Å². The average molecular weight is 327 g/mol. The van der Waals surface area contributed by atoms with Crippen LogP contribution >= 0.6 is 0 Å². The number of ether oxygens (including phenoxy) is 1. The van der Waals surface area contributed by atoms with E-state index in [1.807, 2.05) is 52.2 Å². The van der Waals surface area contributed by atoms with Gasteiger partial charge in [0.15, 0.2) is 0 Å². The number of hydrogen-bond acceptors (Lipinski definition) is 3. The van der Waals surface area contributed by atoms with Crippen molar-refractivity contribution in [1.29, 1.82) is 0 Å². The Morgan fingerprint density at radius 3 is 2.79 bits per heavy atom. The van der Waals surface area contributed by atoms with Crippen molar-refractivity contribution >= 4 is 22.7 Å². The molecule has 0 fully saturated rings. The van der Waals surface area contributed by atoms with Crippen LogP contribution in [0.15, 0.2) is 30.5 Å². The first-order chi connectivity index (χ1) is 11.2. The number of nitrogens with zero attached hydrogens (tertiary/aromatic N) is 3. The lowest BCUT2D eigenvalue weighted by Crippen LogP contribution is -2.39. The predicted molar refractivity (Wildman–Crippen MR) is 95.4 cm³/mol. The molecule has 1 atom stereocenters. The van der Waals surface area contributed by atoms with Crippen LogP contribution < -0.4 is 0 Å². The molecular weight excluding hydrogens is 302 g/mol. The molecule has 1 aromatic carbocycles. The third-order valence-electron chi connectivity index (χ3n) is 4.03. The van der Waals surface area contributed by atoms with Gasteiger partial charge in [0.05, 0.1) is 11.2 Å². The van der Waals surface area contributed by atoms with Gasteiger partial charge >= 0.3 is 6.09 Å². The molecule has 2 aromatic rings. The minimum Gasteiger partial charge on any atom is -0.443 e. The molecule has 128 valence electrons. The topological polar surface area (TPSA) is 47.4 Å². The molecule has 5 nitrogen and oxygen atoms in total. The molecule has 24 heavy (non-hydrogen) atoms. The highest BCUT2D eigenvalue weighted by molar-refractivity contribution is 5.87. The highest BCUT2D eigenvalue weighted by Crippen LogP contribution is 2.30. The summed E-state index contributed by atoms with van der Waals surface area (Å²) < 4.78 is 7.40. The number of benzene rings is 1. The average Bonchev–Trinajstić information content (AvgIpc) is 2.84. The molecule has 0 saturated carbocycles. The maximum absolute atomic E-state index is 12.7. The van der Waals surface area contributed by atoms with Crippen molar-refractivity contribution in [3.05, 3.63) is 36.0 Å². The van der Waals surface area contributed by atoms with Crippen LogP contribution in [-0.2, 0) is 11.8 Å². The summed E-state index contributed by atoms with van der Waals surface area (Å²) >= 11 is 0. The number of hydrogen-bond donors (Lipinski definition) is 0. The molecule has 0 saturated heterocycles. The third-order valence-corrected chi connectivity index (χ3v) is 4.03. The van der Waals surface area contributed by atoms with E-state index in [2.05, 4.69) is 18.1 Å². The molecule has 0 unspecified atom stereocenters. The van der Waals surface area contributed by atoms with Crippen LogP contribution in [0.4, 0.5) is 4.79 Å². The van der Waals surface area contributed by atoms with Crippen molar-refractivity contribution in [1.82, 2.24) is 14.7 Å². The predicted octanol–water partition coefficient (Wildman–Crippen LogP) is 4.19. The molecule has 0 spiro atoms. The molecule has 0 radical (unpaired) electrons. The maximum Gasteiger partial charge on any atom is 0.414 e. The number of aryl methyl sites for hydroxylation is 1. The van der Waals surface area contributed by atoms with E-state index in [0.29, 0.717) is 12.5 Å². The van der Waals surface area contributed by atoms with Crippen molar-refractivity contribution in [2.45, 2.75) is 39.7 Å². The second kappa shape index (κ2) is 5.96. The SMILES string of the molecule is C[C@H]1CC=C(c2ccc3cn(C)nc3c2)N(C(=O)OC(C)(C)C)C1. The highest BCUT2D eigenvalue weighted by Gasteiger charge is 2.29. The summed E-state index contributed by atoms with van der Waals surface area (Å²) in [5.74, 6) is 0.417. The number of fused-ring (bicyclic) bond motifs is 1. The monoisotopic (exact) mass is 327 g/mol. The van der Waals surface area contributed by atoms with E-state index < -0.39 is 5.60 Å². The van der Waals surface area contributed by atoms with E-state index in [1.165, 1.54) is 0 Å². The number of carbonyl (C=O) groups excluding carboxylic acids is 1. The Hall–Kier alpha value is -2.30. The molecule has 1 aliphatic rings. The Morgan fingerprint density at radius 2 is 2.08 bits per heavy atom. The fourth-order valence-electron chi connectivity index (χ4n) is 2.97. The summed E-state index contributed by atoms with van der Waals surface area (Å²) in [5, 5.41) is 5.56. The first-order valence-corrected chi connectivity index (χ1v) is 8.37. The van der Waals surface area contributed by atoms with Crippen molar-refractivity contribution < 1.29 is 9.53 Å². The molecule has 3 rings (SSSR count). The molecular formula is C19H25N3O2. The smallest absolute Gasteiger partial charge is 0.414 e. The van der Waals surface area contributed by atoms with Gasteiger partial charge in [-0.1, -0.05) is 25.1 Å². The standard InChI is InChI=1S/C19H25N3O2/c1-13-6-9-17(22(11-13)18(23)24-19(2,3)4)14-7-8-15-12-21(5)20-16(15)10-14/h7-10,12-13H,6,11H2,1-5H3/t13-/m0/s1. The molecule has 1 amide bonds. The van der Waals surface area contributed by atoms with Gasteiger partial charge in [0.1, 0.15) is 5.60 Å². The van der Waals surface area contributed by atoms with Crippen molar-refractivity contribution in [3.63, 3.8) is 0 Å². The molecule has 2 heterocycles. The van der Waals surface area contributed by atoms with Gasteiger partial charge in [-0.05, 0) is 39.2 Å². The molecule has 0 bridgehead atoms. The van der Waals surface area contributed by atoms with Gasteiger partial charge in [0, 0.05) is 30.7 Å². The number of aromatic nitrogens is 2. The van der Waals surface area contributed by atoms with E-state index in [4.69, 9.17) is 4.74 Å². The van der Waals surface area contributed by atoms with Crippen LogP contribution in [0, 0.1) is 5.92 Å². The zero-order valence-corrected chi connectivity index (χ0v) is 15.0. The Kier molecular flexibility index (Phi) is 4.11. The Bertz CT molecular complexity index is 799. The van der Waals surface area contributed by atoms with Crippen molar-refractivity contribution in [2.75, 3.05) is 6.54 Å². The molecule has 5 heteroatoms. The number of rotatable bonds is 1. The fraction of sp³-hybridized carbons (Fsp3) is 0.474. The van der Waals surface area contributed by atoms with Crippen LogP contribution in [0.25, 0.3) is 16.6 Å². The van der Waals surface area contributed by atoms with Crippen LogP contribution in [0.2, 0.25) is 0 Å². The summed E-state index contributed by atoms with van der Waals surface area (Å²) in [6.07, 6.45) is 4.78. The Balaban J connectivity index is 1.96. The number of allylic oxidation sites excluding steroid dienone is 1. The van der Waals surface area contributed by atoms with Gasteiger partial charge in [-0.2, -0.15) is 5.10 Å². The Labute approximate surface area is 142 Å². The number of carbonyl (C=O) groups is 1. The fourth-order valence-corrected chi connectivity index (χ4v) is 2.97. The molecule has 1 aromatic heterocycles. The van der Waals surface area contributed by atoms with Crippen LogP contribution in [-0.4, -0.2) is 32.9 Å². The first kappa shape index (κ1) is 16.6. The van der Waals surface area contributed by atoms with Crippen molar-refractivity contribution in [2.24, 2.45) is 13.0 Å². The minimum atomic E-state index is -0.506. The van der Waals surface area contributed by atoms with Gasteiger partial charge in [0.25, 0.3) is 0 Å². The van der Waals surface area contributed by atoms with E-state index >= 15 is 0 Å². The lowest BCUT2D eigenvalue weighted by molar-refractivity contribution is 0.0327. The minimum absolute atomic E-state index is 0.290. The van der Waals surface area contributed by atoms with Gasteiger partial charge in [-0.15, -0.1) is 0 Å². The van der Waals surface area contributed by atoms with Gasteiger partial charge in [-0.3, -0.25) is 9.58 Å². The summed E-state index contributed by atoms with van der Waals surface area (Å²) in [6, 6.07) is 6.13. The van der Waals surface area contributed by atoms with Gasteiger partial charge in [0.2, 0.25) is 0 Å². The van der Waals surface area contributed by atoms with Gasteiger partial charge in [-0.25, -0.2) is 4.79 Å². The summed E-state index contributed by atoms with van der Waals surface area (Å²) in [5.41, 5.74) is 2.33. The largest absolute Gasteiger partial charge is 0.443 e. The molecule has 1 aliphatic heterocycles. The van der Waals surface area contributed by atoms with Crippen molar-refractivity contribution in [3.8, 4) is 0 Å². The normalized spacial score (nSPS) is 18.6. The molecule has 0 aliphatic carbocycles. The Morgan fingerprint density at radius 1 is 1.33 bits per heavy atom. The summed E-state index contributed by atoms with van der Waals surface area (Å²) in [4.78, 5) is 14.4. The van der Waals surface area contributed by atoms with E-state index in [1.54, 1.807) is 9.58 Å². The van der Waals surface area contributed by atoms with E-state index in [9.17, 15) is 4.79 Å². The zero-order valence-electron chi connectivity index (χ0n) is 15.0. The quantitative estimate of drug-likeness (QED) is 0.789. The summed E-state index contributed by atoms with van der Waals surface area (Å²) in [7, 11) is 1.91. The number of amides is 1. The van der Waals surface area contributed by atoms with Gasteiger partial charge < -0.3 is 4.74 Å². The van der Waals surface area contributed by atoms with E-state index in [-0.39, 0.29) is 6.09 Å². The second-order valence-corrected chi connectivity index (χ2v) is 7.60. The second-order valence-electron chi connectivity index (χ2n) is 7.60. The van der Waals surface area contributed by atoms with Crippen LogP contribution in [0.3, 0.4) is 0 Å². The first-order valence-electron chi connectivity index (χ1n) is 8.37. The van der Waals surface area contributed by atoms with Crippen LogP contribution in [0.1, 0.15) is 39.7 Å². The zero-order chi connectivity index (χ0) is 17.5. The lowest BCUT2D eigenvalue weighted by atomic mass is 9.98. The highest BCUT2D eigenvalue weighted by atomic mass is 16.6. The maximum atomic E-state index is 12.7.